The highest BCUT2D eigenvalue weighted by Crippen LogP contribution is 2.31. The van der Waals surface area contributed by atoms with Crippen LogP contribution in [0.15, 0.2) is 47.6 Å². The second kappa shape index (κ2) is 7.62. The number of fused-ring (bicyclic) bond motifs is 1. The highest BCUT2D eigenvalue weighted by molar-refractivity contribution is 7.98. The van der Waals surface area contributed by atoms with Crippen molar-refractivity contribution in [3.05, 3.63) is 61.5 Å². The number of aryl methyl sites for hydroxylation is 1. The maximum atomic E-state index is 12.4. The van der Waals surface area contributed by atoms with E-state index in [-0.39, 0.29) is 34.5 Å². The van der Waals surface area contributed by atoms with E-state index in [1.165, 1.54) is 24.8 Å². The first-order chi connectivity index (χ1) is 12.9. The van der Waals surface area contributed by atoms with Gasteiger partial charge in [0.25, 0.3) is 0 Å². The van der Waals surface area contributed by atoms with Crippen LogP contribution in [0, 0.1) is 6.92 Å². The molecule has 27 heavy (non-hydrogen) atoms. The summed E-state index contributed by atoms with van der Waals surface area (Å²) >= 11 is 7.71. The van der Waals surface area contributed by atoms with E-state index >= 15 is 0 Å². The van der Waals surface area contributed by atoms with Crippen molar-refractivity contribution in [2.24, 2.45) is 0 Å². The van der Waals surface area contributed by atoms with E-state index in [2.05, 4.69) is 0 Å². The van der Waals surface area contributed by atoms with E-state index in [4.69, 9.17) is 25.2 Å². The third kappa shape index (κ3) is 3.52. The lowest BCUT2D eigenvalue weighted by Crippen LogP contribution is -2.17. The molecule has 0 saturated carbocycles. The van der Waals surface area contributed by atoms with E-state index in [0.717, 1.165) is 4.90 Å². The molecular weight excluding hydrogens is 392 g/mol. The van der Waals surface area contributed by atoms with Crippen LogP contribution in [-0.4, -0.2) is 18.8 Å². The van der Waals surface area contributed by atoms with Crippen LogP contribution < -0.4 is 11.3 Å². The summed E-state index contributed by atoms with van der Waals surface area (Å²) in [7, 11) is 0. The largest absolute Gasteiger partial charge is 0.462 e. The first kappa shape index (κ1) is 19.3. The highest BCUT2D eigenvalue weighted by Gasteiger charge is 2.22. The van der Waals surface area contributed by atoms with Crippen molar-refractivity contribution in [3.8, 4) is 11.3 Å². The lowest BCUT2D eigenvalue weighted by molar-refractivity contribution is 0.0524. The zero-order chi connectivity index (χ0) is 19.7. The smallest absolute Gasteiger partial charge is 0.351 e. The minimum Gasteiger partial charge on any atom is -0.462 e. The van der Waals surface area contributed by atoms with E-state index in [1.807, 2.05) is 6.26 Å². The van der Waals surface area contributed by atoms with Crippen molar-refractivity contribution in [1.29, 1.82) is 0 Å². The average molecular weight is 407 g/mol. The Morgan fingerprint density at radius 1 is 1.19 bits per heavy atom. The standard InChI is InChI=1S/C19H15ClO6S/c1-4-24-17(21)15-9(2)25-18(22)16-11(15)8-13(26-19(16)23)10-5-6-14(27-3)12(20)7-10/h5-8H,4H2,1-3H3. The molecule has 0 amide bonds. The Balaban J connectivity index is 2.33. The molecule has 0 saturated heterocycles. The summed E-state index contributed by atoms with van der Waals surface area (Å²) in [5, 5.41) is 0.287. The molecule has 3 aromatic rings. The van der Waals surface area contributed by atoms with Crippen LogP contribution in [0.4, 0.5) is 0 Å². The molecule has 1 aromatic carbocycles. The van der Waals surface area contributed by atoms with E-state index in [1.54, 1.807) is 25.1 Å². The van der Waals surface area contributed by atoms with Crippen molar-refractivity contribution in [2.45, 2.75) is 18.7 Å². The summed E-state index contributed by atoms with van der Waals surface area (Å²) in [5.74, 6) is -0.438. The van der Waals surface area contributed by atoms with Gasteiger partial charge in [-0.05, 0) is 38.3 Å². The topological polar surface area (TPSA) is 86.7 Å². The Morgan fingerprint density at radius 3 is 2.52 bits per heavy atom. The Bertz CT molecular complexity index is 1160. The number of esters is 1. The van der Waals surface area contributed by atoms with Crippen LogP contribution in [0.2, 0.25) is 5.02 Å². The molecule has 0 N–H and O–H groups in total. The van der Waals surface area contributed by atoms with Crippen molar-refractivity contribution in [1.82, 2.24) is 0 Å². The van der Waals surface area contributed by atoms with E-state index in [0.29, 0.717) is 10.6 Å². The second-order valence-corrected chi connectivity index (χ2v) is 6.83. The van der Waals surface area contributed by atoms with Crippen LogP contribution in [0.3, 0.4) is 0 Å². The molecule has 6 nitrogen and oxygen atoms in total. The maximum Gasteiger partial charge on any atom is 0.351 e. The molecule has 0 radical (unpaired) electrons. The number of carbonyl (C=O) groups is 1. The number of thioether (sulfide) groups is 1. The predicted molar refractivity (Wildman–Crippen MR) is 104 cm³/mol. The molecule has 0 bridgehead atoms. The number of ether oxygens (including phenoxy) is 1. The fourth-order valence-electron chi connectivity index (χ4n) is 2.73. The molecule has 0 fully saturated rings. The zero-order valence-corrected chi connectivity index (χ0v) is 16.3. The van der Waals surface area contributed by atoms with Crippen LogP contribution >= 0.6 is 23.4 Å². The number of hydrogen-bond acceptors (Lipinski definition) is 7. The first-order valence-electron chi connectivity index (χ1n) is 8.00. The van der Waals surface area contributed by atoms with E-state index < -0.39 is 17.2 Å². The molecule has 0 aliphatic heterocycles. The normalized spacial score (nSPS) is 11.0. The van der Waals surface area contributed by atoms with Crippen LogP contribution in [0.25, 0.3) is 22.1 Å². The van der Waals surface area contributed by atoms with Gasteiger partial charge in [0.2, 0.25) is 0 Å². The lowest BCUT2D eigenvalue weighted by Gasteiger charge is -2.09. The van der Waals surface area contributed by atoms with Gasteiger partial charge in [-0.3, -0.25) is 0 Å². The van der Waals surface area contributed by atoms with Gasteiger partial charge in [0.05, 0.1) is 11.6 Å². The van der Waals surface area contributed by atoms with Crippen molar-refractivity contribution in [2.75, 3.05) is 12.9 Å². The second-order valence-electron chi connectivity index (χ2n) is 5.58. The molecule has 0 spiro atoms. The van der Waals surface area contributed by atoms with Crippen LogP contribution in [-0.2, 0) is 4.74 Å². The van der Waals surface area contributed by atoms with Crippen LogP contribution in [0.1, 0.15) is 23.0 Å². The third-order valence-corrected chi connectivity index (χ3v) is 5.16. The molecule has 0 atom stereocenters. The maximum absolute atomic E-state index is 12.4. The summed E-state index contributed by atoms with van der Waals surface area (Å²) in [4.78, 5) is 37.8. The molecular formula is C19H15ClO6S. The van der Waals surface area contributed by atoms with Crippen molar-refractivity contribution in [3.63, 3.8) is 0 Å². The summed E-state index contributed by atoms with van der Waals surface area (Å²) in [6.07, 6.45) is 1.89. The Kier molecular flexibility index (Phi) is 5.43. The molecule has 8 heteroatoms. The van der Waals surface area contributed by atoms with Gasteiger partial charge in [0, 0.05) is 15.8 Å². The Labute approximate surface area is 163 Å². The summed E-state index contributed by atoms with van der Waals surface area (Å²) in [6, 6.07) is 6.64. The summed E-state index contributed by atoms with van der Waals surface area (Å²) < 4.78 is 15.3. The number of rotatable bonds is 4. The Hall–Kier alpha value is -2.51. The number of hydrogen-bond donors (Lipinski definition) is 0. The highest BCUT2D eigenvalue weighted by atomic mass is 35.5. The molecule has 0 aliphatic carbocycles. The van der Waals surface area contributed by atoms with Crippen LogP contribution in [0.5, 0.6) is 0 Å². The minimum atomic E-state index is -0.896. The number of benzene rings is 1. The fourth-order valence-corrected chi connectivity index (χ4v) is 3.60. The molecule has 0 unspecified atom stereocenters. The van der Waals surface area contributed by atoms with Crippen molar-refractivity contribution >= 4 is 40.1 Å². The minimum absolute atomic E-state index is 0.0208. The van der Waals surface area contributed by atoms with Crippen molar-refractivity contribution < 1.29 is 18.4 Å². The average Bonchev–Trinajstić information content (AvgIpc) is 2.61. The summed E-state index contributed by atoms with van der Waals surface area (Å²) in [6.45, 7) is 3.26. The van der Waals surface area contributed by atoms with Gasteiger partial charge in [-0.15, -0.1) is 11.8 Å². The summed E-state index contributed by atoms with van der Waals surface area (Å²) in [5.41, 5.74) is -1.21. The van der Waals surface area contributed by atoms with Gasteiger partial charge in [-0.1, -0.05) is 17.7 Å². The van der Waals surface area contributed by atoms with E-state index in [9.17, 15) is 14.4 Å². The first-order valence-corrected chi connectivity index (χ1v) is 9.60. The van der Waals surface area contributed by atoms with Gasteiger partial charge < -0.3 is 13.6 Å². The monoisotopic (exact) mass is 406 g/mol. The van der Waals surface area contributed by atoms with Gasteiger partial charge >= 0.3 is 17.2 Å². The fraction of sp³-hybridized carbons (Fsp3) is 0.211. The SMILES string of the molecule is CCOC(=O)c1c(C)oc(=O)c2c(=O)oc(-c3ccc(SC)c(Cl)c3)cc12. The quantitative estimate of drug-likeness (QED) is 0.472. The molecule has 2 heterocycles. The molecule has 2 aromatic heterocycles. The lowest BCUT2D eigenvalue weighted by atomic mass is 10.0. The van der Waals surface area contributed by atoms with Gasteiger partial charge in [-0.2, -0.15) is 0 Å². The molecule has 3 rings (SSSR count). The molecule has 0 aliphatic rings. The number of halogens is 1. The van der Waals surface area contributed by atoms with Gasteiger partial charge in [0.1, 0.15) is 17.1 Å². The third-order valence-electron chi connectivity index (χ3n) is 3.94. The zero-order valence-electron chi connectivity index (χ0n) is 14.8. The van der Waals surface area contributed by atoms with Gasteiger partial charge in [-0.25, -0.2) is 14.4 Å². The predicted octanol–water partition coefficient (Wildman–Crippen LogP) is 4.27. The molecule has 140 valence electrons. The number of carbonyl (C=O) groups excluding carboxylic acids is 1. The Morgan fingerprint density at radius 2 is 1.89 bits per heavy atom. The van der Waals surface area contributed by atoms with Gasteiger partial charge in [0.15, 0.2) is 5.39 Å².